The number of amides is 2. The summed E-state index contributed by atoms with van der Waals surface area (Å²) in [5, 5.41) is 0.670. The predicted molar refractivity (Wildman–Crippen MR) is 198 cm³/mol. The maximum Gasteiger partial charge on any atom is 0.336 e. The molecule has 0 radical (unpaired) electrons. The van der Waals surface area contributed by atoms with Crippen LogP contribution in [0.4, 0.5) is 5.69 Å². The van der Waals surface area contributed by atoms with E-state index in [1.54, 1.807) is 0 Å². The lowest BCUT2D eigenvalue weighted by Crippen LogP contribution is -2.40. The SMILES string of the molecule is CCCCC1=CC2=C(c3ccccc3CN3CCC(C(=O)ON4C(=O)CCC4=O)CC3)c3cc4c(cc3C(C)(C)C2=CC1=NC)N(C)CCC4. The lowest BCUT2D eigenvalue weighted by Gasteiger charge is -2.42. The largest absolute Gasteiger partial charge is 0.374 e. The summed E-state index contributed by atoms with van der Waals surface area (Å²) in [7, 11) is 4.14. The number of piperidine rings is 1. The summed E-state index contributed by atoms with van der Waals surface area (Å²) >= 11 is 0. The van der Waals surface area contributed by atoms with Gasteiger partial charge in [-0.2, -0.15) is 0 Å². The number of benzene rings is 2. The first-order chi connectivity index (χ1) is 24.1. The third-order valence-corrected chi connectivity index (χ3v) is 11.5. The molecular weight excluding hydrogens is 624 g/mol. The molecule has 50 heavy (non-hydrogen) atoms. The van der Waals surface area contributed by atoms with E-state index in [1.165, 1.54) is 55.8 Å². The molecule has 0 unspecified atom stereocenters. The smallest absolute Gasteiger partial charge is 0.336 e. The lowest BCUT2D eigenvalue weighted by atomic mass is 9.63. The van der Waals surface area contributed by atoms with Crippen LogP contribution in [0.15, 0.2) is 70.3 Å². The maximum absolute atomic E-state index is 12.9. The van der Waals surface area contributed by atoms with Crippen LogP contribution in [-0.4, -0.2) is 67.2 Å². The van der Waals surface area contributed by atoms with Gasteiger partial charge in [-0.1, -0.05) is 51.5 Å². The second-order valence-corrected chi connectivity index (χ2v) is 15.1. The third kappa shape index (κ3) is 6.16. The summed E-state index contributed by atoms with van der Waals surface area (Å²) in [6.45, 7) is 10.3. The van der Waals surface area contributed by atoms with Gasteiger partial charge in [-0.3, -0.25) is 19.5 Å². The van der Waals surface area contributed by atoms with E-state index in [9.17, 15) is 14.4 Å². The number of carbonyl (C=O) groups excluding carboxylic acids is 3. The van der Waals surface area contributed by atoms with Crippen LogP contribution < -0.4 is 4.90 Å². The Balaban J connectivity index is 1.25. The number of unbranched alkanes of at least 4 members (excludes halogenated alkanes) is 1. The van der Waals surface area contributed by atoms with Gasteiger partial charge in [-0.15, -0.1) is 5.06 Å². The van der Waals surface area contributed by atoms with E-state index < -0.39 is 17.8 Å². The number of likely N-dealkylation sites (tertiary alicyclic amines) is 1. The summed E-state index contributed by atoms with van der Waals surface area (Å²) in [5.74, 6) is -1.68. The molecule has 2 aromatic rings. The molecule has 262 valence electrons. The summed E-state index contributed by atoms with van der Waals surface area (Å²) in [6.07, 6.45) is 11.8. The molecule has 0 aromatic heterocycles. The van der Waals surface area contributed by atoms with Crippen molar-refractivity contribution in [1.82, 2.24) is 9.96 Å². The fourth-order valence-corrected chi connectivity index (χ4v) is 8.54. The van der Waals surface area contributed by atoms with Gasteiger partial charge in [0, 0.05) is 51.1 Å². The molecule has 8 heteroatoms. The van der Waals surface area contributed by atoms with Crippen LogP contribution in [0.5, 0.6) is 0 Å². The fourth-order valence-electron chi connectivity index (χ4n) is 8.54. The summed E-state index contributed by atoms with van der Waals surface area (Å²) in [4.78, 5) is 51.8. The molecule has 3 aliphatic heterocycles. The van der Waals surface area contributed by atoms with Crippen molar-refractivity contribution < 1.29 is 19.2 Å². The van der Waals surface area contributed by atoms with E-state index >= 15 is 0 Å². The van der Waals surface area contributed by atoms with Crippen LogP contribution in [0.3, 0.4) is 0 Å². The van der Waals surface area contributed by atoms with Crippen LogP contribution in [0.1, 0.15) is 100.0 Å². The van der Waals surface area contributed by atoms with Gasteiger partial charge >= 0.3 is 5.97 Å². The Morgan fingerprint density at radius 1 is 0.980 bits per heavy atom. The standard InChI is InChI=1S/C42H50N4O4/c1-6-7-11-28-22-32-34(24-36(28)43-4)42(2,3)35-25-37-29(13-10-19-44(37)5)23-33(35)40(32)31-14-9-8-12-30(31)26-45-20-17-27(18-21-45)41(49)50-46-38(47)15-16-39(46)48/h8-9,12,14,22-25,27H,6-7,10-11,13,15-21,26H2,1-5H3. The number of aryl methyl sites for hydroxylation is 1. The molecule has 2 saturated heterocycles. The monoisotopic (exact) mass is 674 g/mol. The first-order valence-corrected chi connectivity index (χ1v) is 18.5. The topological polar surface area (TPSA) is 82.5 Å². The van der Waals surface area contributed by atoms with Gasteiger partial charge in [-0.25, -0.2) is 4.79 Å². The van der Waals surface area contributed by atoms with Crippen molar-refractivity contribution in [2.45, 2.75) is 90.5 Å². The zero-order valence-electron chi connectivity index (χ0n) is 30.3. The number of carbonyl (C=O) groups is 3. The Morgan fingerprint density at radius 2 is 1.72 bits per heavy atom. The van der Waals surface area contributed by atoms with E-state index in [0.29, 0.717) is 17.9 Å². The van der Waals surface area contributed by atoms with Gasteiger partial charge in [0.15, 0.2) is 0 Å². The number of anilines is 1. The van der Waals surface area contributed by atoms with Gasteiger partial charge < -0.3 is 9.74 Å². The van der Waals surface area contributed by atoms with Gasteiger partial charge in [-0.05, 0) is 126 Å². The van der Waals surface area contributed by atoms with Crippen LogP contribution in [0, 0.1) is 5.92 Å². The van der Waals surface area contributed by atoms with Gasteiger partial charge in [0.05, 0.1) is 11.6 Å². The number of imide groups is 1. The molecule has 0 atom stereocenters. The van der Waals surface area contributed by atoms with Crippen molar-refractivity contribution >= 4 is 34.8 Å². The number of aliphatic imine (C=N–C) groups is 1. The number of hydroxylamine groups is 2. The van der Waals surface area contributed by atoms with Gasteiger partial charge in [0.2, 0.25) is 0 Å². The van der Waals surface area contributed by atoms with E-state index in [-0.39, 0.29) is 24.2 Å². The minimum absolute atomic E-state index is 0.101. The van der Waals surface area contributed by atoms with Crippen molar-refractivity contribution in [3.63, 3.8) is 0 Å². The molecule has 8 nitrogen and oxygen atoms in total. The fraction of sp³-hybridized carbons (Fsp3) is 0.476. The lowest BCUT2D eigenvalue weighted by molar-refractivity contribution is -0.201. The highest BCUT2D eigenvalue weighted by molar-refractivity contribution is 6.13. The molecule has 0 saturated carbocycles. The number of nitrogens with zero attached hydrogens (tertiary/aromatic N) is 4. The second-order valence-electron chi connectivity index (χ2n) is 15.1. The number of hydrogen-bond donors (Lipinski definition) is 0. The third-order valence-electron chi connectivity index (χ3n) is 11.5. The number of hydrogen-bond acceptors (Lipinski definition) is 7. The minimum atomic E-state index is -0.478. The van der Waals surface area contributed by atoms with Crippen LogP contribution in [0.2, 0.25) is 0 Å². The van der Waals surface area contributed by atoms with E-state index in [4.69, 9.17) is 9.83 Å². The van der Waals surface area contributed by atoms with E-state index in [0.717, 1.165) is 64.0 Å². The minimum Gasteiger partial charge on any atom is -0.374 e. The Labute approximate surface area is 296 Å². The molecule has 0 spiro atoms. The van der Waals surface area contributed by atoms with Gasteiger partial charge in [0.1, 0.15) is 0 Å². The van der Waals surface area contributed by atoms with Crippen molar-refractivity contribution in [3.05, 3.63) is 93.1 Å². The zero-order valence-corrected chi connectivity index (χ0v) is 30.3. The van der Waals surface area contributed by atoms with E-state index in [1.807, 2.05) is 7.05 Å². The Bertz CT molecular complexity index is 1840. The highest BCUT2D eigenvalue weighted by Crippen LogP contribution is 2.53. The predicted octanol–water partition coefficient (Wildman–Crippen LogP) is 7.11. The molecule has 2 aromatic carbocycles. The molecule has 7 rings (SSSR count). The normalized spacial score (nSPS) is 21.6. The van der Waals surface area contributed by atoms with Gasteiger partial charge in [0.25, 0.3) is 11.8 Å². The van der Waals surface area contributed by atoms with Crippen LogP contribution in [-0.2, 0) is 37.6 Å². The summed E-state index contributed by atoms with van der Waals surface area (Å²) in [5.41, 5.74) is 14.1. The molecular formula is C42H50N4O4. The van der Waals surface area contributed by atoms with Crippen molar-refractivity contribution in [1.29, 1.82) is 0 Å². The van der Waals surface area contributed by atoms with Crippen molar-refractivity contribution in [2.24, 2.45) is 10.9 Å². The molecule has 2 amide bonds. The van der Waals surface area contributed by atoms with Crippen LogP contribution >= 0.6 is 0 Å². The Hall–Kier alpha value is -4.30. The molecule has 0 bridgehead atoms. The number of allylic oxidation sites excluding steroid dienone is 5. The summed E-state index contributed by atoms with van der Waals surface area (Å²) < 4.78 is 0. The van der Waals surface area contributed by atoms with Crippen molar-refractivity contribution in [2.75, 3.05) is 38.6 Å². The first kappa shape index (κ1) is 34.2. The zero-order chi connectivity index (χ0) is 35.2. The highest BCUT2D eigenvalue weighted by atomic mass is 16.7. The summed E-state index contributed by atoms with van der Waals surface area (Å²) in [6, 6.07) is 13.8. The maximum atomic E-state index is 12.9. The quantitative estimate of drug-likeness (QED) is 0.278. The Morgan fingerprint density at radius 3 is 2.44 bits per heavy atom. The molecule has 2 aliphatic carbocycles. The highest BCUT2D eigenvalue weighted by Gasteiger charge is 2.41. The second kappa shape index (κ2) is 13.8. The average Bonchev–Trinajstić information content (AvgIpc) is 3.43. The van der Waals surface area contributed by atoms with E-state index in [2.05, 4.69) is 86.2 Å². The number of rotatable bonds is 8. The molecule has 2 fully saturated rings. The van der Waals surface area contributed by atoms with Crippen molar-refractivity contribution in [3.8, 4) is 0 Å². The molecule has 5 aliphatic rings. The average molecular weight is 675 g/mol. The molecule has 0 N–H and O–H groups in total. The number of fused-ring (bicyclic) bond motifs is 3. The molecule has 3 heterocycles. The Kier molecular flexibility index (Phi) is 9.42. The van der Waals surface area contributed by atoms with Crippen LogP contribution in [0.25, 0.3) is 5.57 Å². The first-order valence-electron chi connectivity index (χ1n) is 18.5.